The average Bonchev–Trinajstić information content (AvgIpc) is 2.89. The zero-order chi connectivity index (χ0) is 30.5. The van der Waals surface area contributed by atoms with Crippen LogP contribution >= 0.6 is 11.8 Å². The van der Waals surface area contributed by atoms with Crippen LogP contribution in [0.25, 0.3) is 0 Å². The lowest BCUT2D eigenvalue weighted by Gasteiger charge is -2.23. The molecular formula is C34H40N2O4S. The second-order valence-electron chi connectivity index (χ2n) is 11.5. The number of carbonyl (C=O) groups is 2. The van der Waals surface area contributed by atoms with Gasteiger partial charge in [0.25, 0.3) is 0 Å². The van der Waals surface area contributed by atoms with Crippen LogP contribution in [0.15, 0.2) is 119 Å². The van der Waals surface area contributed by atoms with Crippen LogP contribution in [0, 0.1) is 0 Å². The predicted octanol–water partition coefficient (Wildman–Crippen LogP) is 4.35. The second-order valence-corrected chi connectivity index (χ2v) is 12.6. The highest BCUT2D eigenvalue weighted by Gasteiger charge is 2.09. The van der Waals surface area contributed by atoms with E-state index in [1.807, 2.05) is 0 Å². The fraction of sp³-hybridized carbons (Fsp3) is 0.235. The first-order chi connectivity index (χ1) is 19.2. The SMILES string of the molecule is C[N+](C)(C)Cc1ccccc1.C[N+](C)(C)Cc1ccccc1.O=C([O-])c1ccccc1Sc1ccccc1C(=O)[O-]. The lowest BCUT2D eigenvalue weighted by atomic mass is 10.2. The van der Waals surface area contributed by atoms with Crippen LogP contribution in [-0.4, -0.2) is 63.2 Å². The molecule has 7 heteroatoms. The van der Waals surface area contributed by atoms with Crippen LogP contribution < -0.4 is 10.2 Å². The molecule has 4 rings (SSSR count). The molecule has 216 valence electrons. The fourth-order valence-corrected chi connectivity index (χ4v) is 4.88. The van der Waals surface area contributed by atoms with E-state index < -0.39 is 11.9 Å². The Hall–Kier alpha value is -3.91. The number of hydrogen-bond donors (Lipinski definition) is 0. The van der Waals surface area contributed by atoms with Crippen molar-refractivity contribution in [3.8, 4) is 0 Å². The summed E-state index contributed by atoms with van der Waals surface area (Å²) in [6, 6.07) is 33.7. The van der Waals surface area contributed by atoms with E-state index in [1.54, 1.807) is 36.4 Å². The lowest BCUT2D eigenvalue weighted by molar-refractivity contribution is -0.884. The molecule has 0 aliphatic rings. The number of quaternary nitrogens is 2. The molecule has 0 amide bonds. The highest BCUT2D eigenvalue weighted by molar-refractivity contribution is 7.99. The molecule has 0 saturated carbocycles. The molecule has 0 radical (unpaired) electrons. The summed E-state index contributed by atoms with van der Waals surface area (Å²) in [6.45, 7) is 2.20. The Morgan fingerprint density at radius 3 is 1.10 bits per heavy atom. The van der Waals surface area contributed by atoms with Gasteiger partial charge in [0.2, 0.25) is 0 Å². The highest BCUT2D eigenvalue weighted by Crippen LogP contribution is 2.32. The molecule has 0 aromatic heterocycles. The van der Waals surface area contributed by atoms with Crippen molar-refractivity contribution >= 4 is 23.7 Å². The van der Waals surface area contributed by atoms with Gasteiger partial charge in [0.15, 0.2) is 0 Å². The van der Waals surface area contributed by atoms with Crippen molar-refractivity contribution < 1.29 is 28.8 Å². The van der Waals surface area contributed by atoms with Gasteiger partial charge in [-0.3, -0.25) is 0 Å². The number of hydrogen-bond acceptors (Lipinski definition) is 5. The van der Waals surface area contributed by atoms with Crippen molar-refractivity contribution in [1.29, 1.82) is 0 Å². The molecule has 0 atom stereocenters. The van der Waals surface area contributed by atoms with Gasteiger partial charge in [0.1, 0.15) is 13.1 Å². The smallest absolute Gasteiger partial charge is 0.104 e. The van der Waals surface area contributed by atoms with Crippen molar-refractivity contribution in [2.75, 3.05) is 42.3 Å². The molecule has 0 N–H and O–H groups in total. The molecule has 4 aromatic rings. The summed E-state index contributed by atoms with van der Waals surface area (Å²) < 4.78 is 1.98. The van der Waals surface area contributed by atoms with E-state index in [4.69, 9.17) is 0 Å². The summed E-state index contributed by atoms with van der Waals surface area (Å²) in [4.78, 5) is 22.8. The minimum atomic E-state index is -1.30. The van der Waals surface area contributed by atoms with Gasteiger partial charge in [-0.15, -0.1) is 0 Å². The molecule has 0 fully saturated rings. The van der Waals surface area contributed by atoms with Crippen LogP contribution in [0.2, 0.25) is 0 Å². The van der Waals surface area contributed by atoms with E-state index in [9.17, 15) is 19.8 Å². The zero-order valence-corrected chi connectivity index (χ0v) is 25.6. The standard InChI is InChI=1S/C14H10O4S.2C10H16N/c15-13(16)9-5-1-3-7-11(9)19-12-8-4-2-6-10(12)14(17)18;2*1-11(2,3)9-10-7-5-4-6-8-10/h1-8H,(H,15,16)(H,17,18);2*4-8H,9H2,1-3H3/q;2*+1/p-2. The maximum atomic E-state index is 11.0. The number of carbonyl (C=O) groups excluding carboxylic acids is 2. The van der Waals surface area contributed by atoms with E-state index in [0.29, 0.717) is 9.79 Å². The third-order valence-electron chi connectivity index (χ3n) is 5.43. The summed E-state index contributed by atoms with van der Waals surface area (Å²) in [6.07, 6.45) is 0. The quantitative estimate of drug-likeness (QED) is 0.293. The van der Waals surface area contributed by atoms with Gasteiger partial charge in [0.05, 0.1) is 54.2 Å². The van der Waals surface area contributed by atoms with Gasteiger partial charge in [-0.1, -0.05) is 109 Å². The van der Waals surface area contributed by atoms with Crippen molar-refractivity contribution in [3.05, 3.63) is 131 Å². The Balaban J connectivity index is 0.000000230. The largest absolute Gasteiger partial charge is 0.545 e. The Kier molecular flexibility index (Phi) is 12.8. The minimum absolute atomic E-state index is 0.0284. The van der Waals surface area contributed by atoms with Gasteiger partial charge in [0, 0.05) is 32.0 Å². The summed E-state index contributed by atoms with van der Waals surface area (Å²) >= 11 is 1.06. The van der Waals surface area contributed by atoms with E-state index in [1.165, 1.54) is 23.3 Å². The van der Waals surface area contributed by atoms with Crippen molar-refractivity contribution in [2.45, 2.75) is 22.9 Å². The van der Waals surface area contributed by atoms with Crippen molar-refractivity contribution in [2.24, 2.45) is 0 Å². The van der Waals surface area contributed by atoms with Crippen LogP contribution in [0.3, 0.4) is 0 Å². The molecule has 41 heavy (non-hydrogen) atoms. The third-order valence-corrected chi connectivity index (χ3v) is 6.59. The average molecular weight is 573 g/mol. The fourth-order valence-electron chi connectivity index (χ4n) is 3.83. The molecule has 0 spiro atoms. The molecule has 0 unspecified atom stereocenters. The third kappa shape index (κ3) is 13.3. The predicted molar refractivity (Wildman–Crippen MR) is 162 cm³/mol. The van der Waals surface area contributed by atoms with Crippen LogP contribution in [0.5, 0.6) is 0 Å². The number of rotatable bonds is 8. The number of carboxylic acid groups (broad SMARTS) is 2. The van der Waals surface area contributed by atoms with Crippen molar-refractivity contribution in [3.63, 3.8) is 0 Å². The minimum Gasteiger partial charge on any atom is -0.545 e. The summed E-state index contributed by atoms with van der Waals surface area (Å²) in [5.74, 6) is -2.59. The first-order valence-electron chi connectivity index (χ1n) is 13.2. The van der Waals surface area contributed by atoms with Gasteiger partial charge in [-0.05, 0) is 12.1 Å². The van der Waals surface area contributed by atoms with E-state index in [0.717, 1.165) is 33.8 Å². The second kappa shape index (κ2) is 15.8. The Bertz CT molecular complexity index is 1270. The summed E-state index contributed by atoms with van der Waals surface area (Å²) in [5.41, 5.74) is 2.86. The van der Waals surface area contributed by atoms with Crippen LogP contribution in [0.1, 0.15) is 31.8 Å². The summed E-state index contributed by atoms with van der Waals surface area (Å²) in [7, 11) is 13.2. The molecule has 0 saturated heterocycles. The first-order valence-corrected chi connectivity index (χ1v) is 14.0. The number of carboxylic acids is 2. The molecule has 0 aliphatic carbocycles. The van der Waals surface area contributed by atoms with E-state index >= 15 is 0 Å². The maximum absolute atomic E-state index is 11.0. The molecule has 6 nitrogen and oxygen atoms in total. The van der Waals surface area contributed by atoms with Gasteiger partial charge in [-0.2, -0.15) is 0 Å². The molecular weight excluding hydrogens is 532 g/mol. The van der Waals surface area contributed by atoms with Gasteiger partial charge < -0.3 is 28.8 Å². The van der Waals surface area contributed by atoms with Crippen LogP contribution in [-0.2, 0) is 13.1 Å². The van der Waals surface area contributed by atoms with Crippen molar-refractivity contribution in [1.82, 2.24) is 0 Å². The van der Waals surface area contributed by atoms with Gasteiger partial charge in [-0.25, -0.2) is 0 Å². The maximum Gasteiger partial charge on any atom is 0.104 e. The topological polar surface area (TPSA) is 80.3 Å². The molecule has 4 aromatic carbocycles. The number of benzene rings is 4. The van der Waals surface area contributed by atoms with E-state index in [-0.39, 0.29) is 11.1 Å². The Labute approximate surface area is 248 Å². The lowest BCUT2D eigenvalue weighted by Crippen LogP contribution is -2.33. The zero-order valence-electron chi connectivity index (χ0n) is 24.7. The van der Waals surface area contributed by atoms with Gasteiger partial charge >= 0.3 is 0 Å². The number of nitrogens with zero attached hydrogens (tertiary/aromatic N) is 2. The Morgan fingerprint density at radius 2 is 0.805 bits per heavy atom. The normalized spacial score (nSPS) is 10.9. The summed E-state index contributed by atoms with van der Waals surface area (Å²) in [5, 5.41) is 22.0. The van der Waals surface area contributed by atoms with E-state index in [2.05, 4.69) is 103 Å². The highest BCUT2D eigenvalue weighted by atomic mass is 32.2. The number of aromatic carboxylic acids is 2. The molecule has 0 bridgehead atoms. The first kappa shape index (κ1) is 33.3. The molecule has 0 heterocycles. The monoisotopic (exact) mass is 572 g/mol. The molecule has 0 aliphatic heterocycles. The van der Waals surface area contributed by atoms with Crippen LogP contribution in [0.4, 0.5) is 0 Å². The Morgan fingerprint density at radius 1 is 0.512 bits per heavy atom.